The molecule has 0 aliphatic carbocycles. The van der Waals surface area contributed by atoms with Crippen LogP contribution in [0.25, 0.3) is 0 Å². The molecule has 0 unspecified atom stereocenters. The maximum Gasteiger partial charge on any atom is 0.130 e. The van der Waals surface area contributed by atoms with Gasteiger partial charge in [0, 0.05) is 18.0 Å². The van der Waals surface area contributed by atoms with Crippen LogP contribution in [0.3, 0.4) is 0 Å². The molecule has 0 aliphatic heterocycles. The minimum absolute atomic E-state index is 0.694. The summed E-state index contributed by atoms with van der Waals surface area (Å²) >= 11 is 0. The monoisotopic (exact) mass is 242 g/mol. The molecular formula is C14H18N4. The molecule has 2 heterocycles. The highest BCUT2D eigenvalue weighted by atomic mass is 15.0. The van der Waals surface area contributed by atoms with E-state index in [-0.39, 0.29) is 0 Å². The fourth-order valence-electron chi connectivity index (χ4n) is 1.93. The van der Waals surface area contributed by atoms with Crippen LogP contribution in [0.1, 0.15) is 29.7 Å². The second kappa shape index (κ2) is 5.58. The van der Waals surface area contributed by atoms with E-state index in [9.17, 15) is 0 Å². The standard InChI is InChI=1S/C14H18N4/c1-4-12-6-5-7-15-13(12)9-16-14-8-10(2)17-11(3)18-14/h5-8H,4,9H2,1-3H3,(H,16,17,18). The van der Waals surface area contributed by atoms with Gasteiger partial charge in [-0.3, -0.25) is 4.98 Å². The highest BCUT2D eigenvalue weighted by Gasteiger charge is 2.03. The Labute approximate surface area is 108 Å². The maximum absolute atomic E-state index is 4.40. The highest BCUT2D eigenvalue weighted by molar-refractivity contribution is 5.37. The van der Waals surface area contributed by atoms with Gasteiger partial charge >= 0.3 is 0 Å². The molecule has 1 N–H and O–H groups in total. The van der Waals surface area contributed by atoms with Gasteiger partial charge in [-0.25, -0.2) is 9.97 Å². The Morgan fingerprint density at radius 1 is 1.22 bits per heavy atom. The van der Waals surface area contributed by atoms with Gasteiger partial charge in [-0.1, -0.05) is 13.0 Å². The van der Waals surface area contributed by atoms with Crippen molar-refractivity contribution in [3.05, 3.63) is 47.2 Å². The largest absolute Gasteiger partial charge is 0.364 e. The molecule has 2 aromatic heterocycles. The Morgan fingerprint density at radius 2 is 2.06 bits per heavy atom. The summed E-state index contributed by atoms with van der Waals surface area (Å²) in [6.07, 6.45) is 2.82. The molecule has 18 heavy (non-hydrogen) atoms. The summed E-state index contributed by atoms with van der Waals surface area (Å²) in [6, 6.07) is 6.03. The minimum atomic E-state index is 0.694. The first-order valence-electron chi connectivity index (χ1n) is 6.18. The molecule has 0 saturated heterocycles. The van der Waals surface area contributed by atoms with Crippen LogP contribution in [0.15, 0.2) is 24.4 Å². The fourth-order valence-corrected chi connectivity index (χ4v) is 1.93. The Morgan fingerprint density at radius 3 is 2.78 bits per heavy atom. The van der Waals surface area contributed by atoms with Gasteiger partial charge in [-0.2, -0.15) is 0 Å². The summed E-state index contributed by atoms with van der Waals surface area (Å²) in [5.41, 5.74) is 3.32. The SMILES string of the molecule is CCc1cccnc1CNc1cc(C)nc(C)n1. The first-order chi connectivity index (χ1) is 8.69. The summed E-state index contributed by atoms with van der Waals surface area (Å²) < 4.78 is 0. The molecule has 94 valence electrons. The number of anilines is 1. The molecule has 4 heteroatoms. The molecule has 0 atom stereocenters. The first kappa shape index (κ1) is 12.5. The quantitative estimate of drug-likeness (QED) is 0.895. The smallest absolute Gasteiger partial charge is 0.130 e. The van der Waals surface area contributed by atoms with E-state index >= 15 is 0 Å². The van der Waals surface area contributed by atoms with E-state index in [2.05, 4.69) is 33.3 Å². The lowest BCUT2D eigenvalue weighted by atomic mass is 10.1. The van der Waals surface area contributed by atoms with E-state index in [0.717, 1.165) is 29.5 Å². The molecule has 0 amide bonds. The van der Waals surface area contributed by atoms with Gasteiger partial charge in [-0.15, -0.1) is 0 Å². The Bertz CT molecular complexity index is 517. The number of pyridine rings is 1. The zero-order chi connectivity index (χ0) is 13.0. The summed E-state index contributed by atoms with van der Waals surface area (Å²) in [5.74, 6) is 1.64. The predicted molar refractivity (Wildman–Crippen MR) is 72.4 cm³/mol. The van der Waals surface area contributed by atoms with Gasteiger partial charge in [0.1, 0.15) is 11.6 Å². The third kappa shape index (κ3) is 3.03. The van der Waals surface area contributed by atoms with Crippen molar-refractivity contribution in [3.8, 4) is 0 Å². The van der Waals surface area contributed by atoms with Crippen molar-refractivity contribution in [2.24, 2.45) is 0 Å². The van der Waals surface area contributed by atoms with Crippen molar-refractivity contribution < 1.29 is 0 Å². The van der Waals surface area contributed by atoms with E-state index in [1.807, 2.05) is 32.2 Å². The summed E-state index contributed by atoms with van der Waals surface area (Å²) in [4.78, 5) is 13.0. The summed E-state index contributed by atoms with van der Waals surface area (Å²) in [5, 5.41) is 3.30. The third-order valence-corrected chi connectivity index (χ3v) is 2.77. The van der Waals surface area contributed by atoms with Crippen LogP contribution in [0.4, 0.5) is 5.82 Å². The second-order valence-electron chi connectivity index (χ2n) is 4.26. The summed E-state index contributed by atoms with van der Waals surface area (Å²) in [7, 11) is 0. The molecule has 0 saturated carbocycles. The van der Waals surface area contributed by atoms with Gasteiger partial charge < -0.3 is 5.32 Å². The van der Waals surface area contributed by atoms with Crippen LogP contribution in [0.5, 0.6) is 0 Å². The van der Waals surface area contributed by atoms with Crippen LogP contribution in [0, 0.1) is 13.8 Å². The van der Waals surface area contributed by atoms with E-state index in [1.54, 1.807) is 0 Å². The van der Waals surface area contributed by atoms with Crippen LogP contribution < -0.4 is 5.32 Å². The van der Waals surface area contributed by atoms with Crippen molar-refractivity contribution in [1.82, 2.24) is 15.0 Å². The Kier molecular flexibility index (Phi) is 3.87. The third-order valence-electron chi connectivity index (χ3n) is 2.77. The lowest BCUT2D eigenvalue weighted by molar-refractivity contribution is 0.946. The van der Waals surface area contributed by atoms with Crippen LogP contribution in [-0.4, -0.2) is 15.0 Å². The highest BCUT2D eigenvalue weighted by Crippen LogP contribution is 2.10. The first-order valence-corrected chi connectivity index (χ1v) is 6.18. The molecule has 0 radical (unpaired) electrons. The number of nitrogens with one attached hydrogen (secondary N) is 1. The normalized spacial score (nSPS) is 10.4. The molecule has 2 aromatic rings. The fraction of sp³-hybridized carbons (Fsp3) is 0.357. The molecular weight excluding hydrogens is 224 g/mol. The predicted octanol–water partition coefficient (Wildman–Crippen LogP) is 2.66. The summed E-state index contributed by atoms with van der Waals surface area (Å²) in [6.45, 7) is 6.70. The zero-order valence-corrected chi connectivity index (χ0v) is 11.1. The van der Waals surface area contributed by atoms with Gasteiger partial charge in [0.25, 0.3) is 0 Å². The number of nitrogens with zero attached hydrogens (tertiary/aromatic N) is 3. The number of aryl methyl sites for hydroxylation is 3. The minimum Gasteiger partial charge on any atom is -0.364 e. The lowest BCUT2D eigenvalue weighted by Crippen LogP contribution is -2.07. The van der Waals surface area contributed by atoms with Crippen LogP contribution in [-0.2, 0) is 13.0 Å². The molecule has 4 nitrogen and oxygen atoms in total. The van der Waals surface area contributed by atoms with Gasteiger partial charge in [0.15, 0.2) is 0 Å². The van der Waals surface area contributed by atoms with Gasteiger partial charge in [0.2, 0.25) is 0 Å². The Hall–Kier alpha value is -1.97. The number of aromatic nitrogens is 3. The molecule has 0 spiro atoms. The zero-order valence-electron chi connectivity index (χ0n) is 11.1. The van der Waals surface area contributed by atoms with Crippen molar-refractivity contribution in [3.63, 3.8) is 0 Å². The van der Waals surface area contributed by atoms with E-state index in [0.29, 0.717) is 6.54 Å². The van der Waals surface area contributed by atoms with E-state index in [1.165, 1.54) is 5.56 Å². The van der Waals surface area contributed by atoms with Gasteiger partial charge in [0.05, 0.1) is 12.2 Å². The van der Waals surface area contributed by atoms with Gasteiger partial charge in [-0.05, 0) is 31.9 Å². The van der Waals surface area contributed by atoms with Crippen molar-refractivity contribution >= 4 is 5.82 Å². The molecule has 0 fully saturated rings. The number of hydrogen-bond donors (Lipinski definition) is 1. The van der Waals surface area contributed by atoms with E-state index in [4.69, 9.17) is 0 Å². The lowest BCUT2D eigenvalue weighted by Gasteiger charge is -2.09. The van der Waals surface area contributed by atoms with Crippen molar-refractivity contribution in [2.45, 2.75) is 33.7 Å². The number of rotatable bonds is 4. The second-order valence-corrected chi connectivity index (χ2v) is 4.26. The van der Waals surface area contributed by atoms with Crippen molar-refractivity contribution in [1.29, 1.82) is 0 Å². The van der Waals surface area contributed by atoms with Crippen molar-refractivity contribution in [2.75, 3.05) is 5.32 Å². The average molecular weight is 242 g/mol. The maximum atomic E-state index is 4.40. The molecule has 2 rings (SSSR count). The average Bonchev–Trinajstić information content (AvgIpc) is 2.35. The Balaban J connectivity index is 2.11. The molecule has 0 aliphatic rings. The van der Waals surface area contributed by atoms with Crippen LogP contribution in [0.2, 0.25) is 0 Å². The molecule has 0 bridgehead atoms. The topological polar surface area (TPSA) is 50.7 Å². The number of hydrogen-bond acceptors (Lipinski definition) is 4. The van der Waals surface area contributed by atoms with Crippen LogP contribution >= 0.6 is 0 Å². The molecule has 0 aromatic carbocycles. The van der Waals surface area contributed by atoms with E-state index < -0.39 is 0 Å².